The Morgan fingerprint density at radius 1 is 1.21 bits per heavy atom. The van der Waals surface area contributed by atoms with E-state index in [0.29, 0.717) is 19.0 Å². The van der Waals surface area contributed by atoms with Crippen LogP contribution in [0.3, 0.4) is 0 Å². The van der Waals surface area contributed by atoms with Crippen molar-refractivity contribution in [2.24, 2.45) is 0 Å². The van der Waals surface area contributed by atoms with Crippen molar-refractivity contribution in [1.29, 1.82) is 0 Å². The first kappa shape index (κ1) is 16.5. The summed E-state index contributed by atoms with van der Waals surface area (Å²) in [7, 11) is -1.67. The molecule has 1 aromatic heterocycles. The number of ether oxygens (including phenoxy) is 1. The predicted octanol–water partition coefficient (Wildman–Crippen LogP) is 3.91. The third-order valence-corrected chi connectivity index (χ3v) is 8.48. The van der Waals surface area contributed by atoms with Gasteiger partial charge in [0.05, 0.1) is 12.8 Å². The predicted molar refractivity (Wildman–Crippen MR) is 85.6 cm³/mol. The molecular weight excluding hydrogens is 274 g/mol. The second kappa shape index (κ2) is 6.77. The maximum absolute atomic E-state index is 6.05. The highest BCUT2D eigenvalue weighted by molar-refractivity contribution is 7.79. The van der Waals surface area contributed by atoms with Crippen LogP contribution in [0.25, 0.3) is 0 Å². The number of thiol groups is 1. The molecule has 0 atom stereocenters. The van der Waals surface area contributed by atoms with Crippen LogP contribution >= 0.6 is 12.6 Å². The van der Waals surface area contributed by atoms with Gasteiger partial charge in [-0.05, 0) is 29.8 Å². The fourth-order valence-corrected chi connectivity index (χ4v) is 2.50. The summed E-state index contributed by atoms with van der Waals surface area (Å²) >= 11 is 4.22. The number of nitrogens with zero attached hydrogens (tertiary/aromatic N) is 1. The van der Waals surface area contributed by atoms with Gasteiger partial charge in [-0.25, -0.2) is 0 Å². The highest BCUT2D eigenvalue weighted by Crippen LogP contribution is 2.36. The van der Waals surface area contributed by atoms with Gasteiger partial charge in [0.1, 0.15) is 12.4 Å². The summed E-state index contributed by atoms with van der Waals surface area (Å²) in [6.45, 7) is 12.4. The quantitative estimate of drug-likeness (QED) is 0.491. The van der Waals surface area contributed by atoms with E-state index in [1.54, 1.807) is 12.4 Å². The molecule has 0 radical (unpaired) electrons. The molecule has 0 aliphatic carbocycles. The van der Waals surface area contributed by atoms with Gasteiger partial charge >= 0.3 is 0 Å². The van der Waals surface area contributed by atoms with Crippen molar-refractivity contribution < 1.29 is 9.16 Å². The van der Waals surface area contributed by atoms with Gasteiger partial charge in [-0.2, -0.15) is 12.6 Å². The first-order chi connectivity index (χ1) is 8.76. The number of hydrogen-bond donors (Lipinski definition) is 1. The maximum atomic E-state index is 6.05. The molecule has 19 heavy (non-hydrogen) atoms. The van der Waals surface area contributed by atoms with Crippen molar-refractivity contribution in [1.82, 2.24) is 4.98 Å². The fourth-order valence-electron chi connectivity index (χ4n) is 1.30. The fraction of sp³-hybridized carbons (Fsp3) is 0.643. The molecule has 0 fully saturated rings. The molecule has 3 nitrogen and oxygen atoms in total. The molecule has 0 aliphatic rings. The van der Waals surface area contributed by atoms with Crippen LogP contribution in [0.1, 0.15) is 26.3 Å². The first-order valence-corrected chi connectivity index (χ1v) is 10.1. The molecular formula is C14H25NO2SSi. The van der Waals surface area contributed by atoms with Gasteiger partial charge in [-0.15, -0.1) is 0 Å². The number of aromatic nitrogens is 1. The molecule has 0 aromatic carbocycles. The van der Waals surface area contributed by atoms with Crippen LogP contribution in [-0.2, 0) is 10.2 Å². The van der Waals surface area contributed by atoms with E-state index in [1.165, 1.54) is 0 Å². The van der Waals surface area contributed by atoms with Gasteiger partial charge < -0.3 is 9.16 Å². The Hall–Kier alpha value is -0.523. The average Bonchev–Trinajstić information content (AvgIpc) is 2.33. The molecule has 5 heteroatoms. The van der Waals surface area contributed by atoms with Gasteiger partial charge in [0, 0.05) is 11.9 Å². The van der Waals surface area contributed by atoms with E-state index in [1.807, 2.05) is 6.07 Å². The lowest BCUT2D eigenvalue weighted by Gasteiger charge is -2.36. The van der Waals surface area contributed by atoms with E-state index in [2.05, 4.69) is 51.5 Å². The molecule has 0 unspecified atom stereocenters. The van der Waals surface area contributed by atoms with Crippen molar-refractivity contribution in [2.45, 2.75) is 44.7 Å². The number of rotatable bonds is 6. The SMILES string of the molecule is CC(C)(C)[Si](C)(C)OCCOc1cncc(CS)c1. The maximum Gasteiger partial charge on any atom is 0.192 e. The van der Waals surface area contributed by atoms with Crippen LogP contribution in [0.15, 0.2) is 18.5 Å². The summed E-state index contributed by atoms with van der Waals surface area (Å²) in [5, 5.41) is 0.237. The van der Waals surface area contributed by atoms with E-state index in [4.69, 9.17) is 9.16 Å². The molecule has 0 saturated heterocycles. The van der Waals surface area contributed by atoms with Gasteiger partial charge in [0.25, 0.3) is 0 Å². The van der Waals surface area contributed by atoms with Crippen LogP contribution in [0.5, 0.6) is 5.75 Å². The van der Waals surface area contributed by atoms with E-state index >= 15 is 0 Å². The Morgan fingerprint density at radius 3 is 2.47 bits per heavy atom. The topological polar surface area (TPSA) is 31.4 Å². The van der Waals surface area contributed by atoms with E-state index in [9.17, 15) is 0 Å². The molecule has 0 aliphatic heterocycles. The van der Waals surface area contributed by atoms with Crippen LogP contribution in [-0.4, -0.2) is 26.5 Å². The highest BCUT2D eigenvalue weighted by Gasteiger charge is 2.36. The summed E-state index contributed by atoms with van der Waals surface area (Å²) in [5.41, 5.74) is 1.06. The largest absolute Gasteiger partial charge is 0.490 e. The summed E-state index contributed by atoms with van der Waals surface area (Å²) in [6, 6.07) is 1.96. The van der Waals surface area contributed by atoms with Crippen LogP contribution in [0.2, 0.25) is 18.1 Å². The summed E-state index contributed by atoms with van der Waals surface area (Å²) < 4.78 is 11.7. The highest BCUT2D eigenvalue weighted by atomic mass is 32.1. The van der Waals surface area contributed by atoms with Crippen LogP contribution in [0.4, 0.5) is 0 Å². The molecule has 0 saturated carbocycles. The number of pyridine rings is 1. The minimum absolute atomic E-state index is 0.237. The van der Waals surface area contributed by atoms with Crippen LogP contribution in [0, 0.1) is 0 Å². The zero-order valence-corrected chi connectivity index (χ0v) is 14.5. The Morgan fingerprint density at radius 2 is 1.89 bits per heavy atom. The summed E-state index contributed by atoms with van der Waals surface area (Å²) in [6.07, 6.45) is 3.52. The standard InChI is InChI=1S/C14H25NO2SSi/c1-14(2,3)19(4,5)17-7-6-16-13-8-12(11-18)9-15-10-13/h8-10,18H,6-7,11H2,1-5H3. The third-order valence-electron chi connectivity index (χ3n) is 3.57. The molecule has 0 amide bonds. The Balaban J connectivity index is 2.39. The van der Waals surface area contributed by atoms with Crippen molar-refractivity contribution in [3.63, 3.8) is 0 Å². The van der Waals surface area contributed by atoms with Crippen molar-refractivity contribution in [2.75, 3.05) is 13.2 Å². The Bertz CT molecular complexity index is 405. The molecule has 0 bridgehead atoms. The second-order valence-electron chi connectivity index (χ2n) is 6.14. The van der Waals surface area contributed by atoms with Crippen molar-refractivity contribution in [3.05, 3.63) is 24.0 Å². The Kier molecular flexibility index (Phi) is 5.89. The lowest BCUT2D eigenvalue weighted by atomic mass is 10.2. The second-order valence-corrected chi connectivity index (χ2v) is 11.3. The molecule has 108 valence electrons. The van der Waals surface area contributed by atoms with Gasteiger partial charge in [-0.3, -0.25) is 4.98 Å². The summed E-state index contributed by atoms with van der Waals surface area (Å²) in [4.78, 5) is 4.12. The molecule has 1 aromatic rings. The lowest BCUT2D eigenvalue weighted by molar-refractivity contribution is 0.203. The van der Waals surface area contributed by atoms with Crippen LogP contribution < -0.4 is 4.74 Å². The number of hydrogen-bond acceptors (Lipinski definition) is 4. The lowest BCUT2D eigenvalue weighted by Crippen LogP contribution is -2.41. The van der Waals surface area contributed by atoms with Gasteiger partial charge in [0.15, 0.2) is 8.32 Å². The van der Waals surface area contributed by atoms with Crippen molar-refractivity contribution >= 4 is 20.9 Å². The molecule has 1 heterocycles. The van der Waals surface area contributed by atoms with E-state index in [0.717, 1.165) is 11.3 Å². The normalized spacial score (nSPS) is 12.5. The minimum atomic E-state index is -1.67. The zero-order chi connectivity index (χ0) is 14.5. The molecule has 1 rings (SSSR count). The van der Waals surface area contributed by atoms with Gasteiger partial charge in [0.2, 0.25) is 0 Å². The average molecular weight is 300 g/mol. The summed E-state index contributed by atoms with van der Waals surface area (Å²) in [5.74, 6) is 1.45. The monoisotopic (exact) mass is 299 g/mol. The smallest absolute Gasteiger partial charge is 0.192 e. The van der Waals surface area contributed by atoms with Crippen molar-refractivity contribution in [3.8, 4) is 5.75 Å². The van der Waals surface area contributed by atoms with Gasteiger partial charge in [-0.1, -0.05) is 20.8 Å². The molecule has 0 spiro atoms. The minimum Gasteiger partial charge on any atom is -0.490 e. The van der Waals surface area contributed by atoms with E-state index in [-0.39, 0.29) is 5.04 Å². The first-order valence-electron chi connectivity index (χ1n) is 6.58. The van der Waals surface area contributed by atoms with E-state index < -0.39 is 8.32 Å². The third kappa shape index (κ3) is 5.16. The molecule has 0 N–H and O–H groups in total. The Labute approximate surface area is 123 Å². The zero-order valence-electron chi connectivity index (χ0n) is 12.6.